The molecule has 160 valence electrons. The first kappa shape index (κ1) is 21.6. The van der Waals surface area contributed by atoms with Crippen molar-refractivity contribution in [1.82, 2.24) is 4.98 Å². The molecule has 31 heavy (non-hydrogen) atoms. The number of pyridine rings is 1. The number of rotatable bonds is 5. The minimum atomic E-state index is -4.67. The largest absolute Gasteiger partial charge is 0.519 e. The number of benzene rings is 2. The minimum Gasteiger partial charge on any atom is -0.481 e. The van der Waals surface area contributed by atoms with E-state index >= 15 is 0 Å². The van der Waals surface area contributed by atoms with E-state index < -0.39 is 28.7 Å². The molecule has 0 fully saturated rings. The van der Waals surface area contributed by atoms with Crippen molar-refractivity contribution < 1.29 is 37.1 Å². The molecule has 3 aromatic rings. The lowest BCUT2D eigenvalue weighted by Crippen LogP contribution is -2.13. The van der Waals surface area contributed by atoms with Gasteiger partial charge in [-0.1, -0.05) is 12.1 Å². The lowest BCUT2D eigenvalue weighted by Gasteiger charge is -2.13. The Morgan fingerprint density at radius 2 is 1.68 bits per heavy atom. The molecule has 3 rings (SSSR count). The zero-order chi connectivity index (χ0) is 22.6. The Bertz CT molecular complexity index is 1120. The van der Waals surface area contributed by atoms with E-state index in [2.05, 4.69) is 9.72 Å². The highest BCUT2D eigenvalue weighted by Crippen LogP contribution is 2.37. The van der Waals surface area contributed by atoms with Crippen molar-refractivity contribution in [1.29, 1.82) is 0 Å². The monoisotopic (exact) mass is 434 g/mol. The summed E-state index contributed by atoms with van der Waals surface area (Å²) in [5.41, 5.74) is -0.792. The van der Waals surface area contributed by atoms with E-state index in [9.17, 15) is 28.1 Å². The number of carbonyl (C=O) groups excluding carboxylic acids is 1. The SMILES string of the molecule is COc1ncc(-c2cccc(OC(=O)Oc3ccc([N+](=O)[O-])cc3)c2)cc1C(F)(F)F. The predicted octanol–water partition coefficient (Wildman–Crippen LogP) is 5.26. The summed E-state index contributed by atoms with van der Waals surface area (Å²) in [6, 6.07) is 11.3. The topological polar surface area (TPSA) is 101 Å². The van der Waals surface area contributed by atoms with Crippen LogP contribution in [0.3, 0.4) is 0 Å². The predicted molar refractivity (Wildman–Crippen MR) is 101 cm³/mol. The summed E-state index contributed by atoms with van der Waals surface area (Å²) in [4.78, 5) is 25.7. The van der Waals surface area contributed by atoms with Gasteiger partial charge in [0, 0.05) is 23.9 Å². The van der Waals surface area contributed by atoms with Gasteiger partial charge in [-0.15, -0.1) is 0 Å². The van der Waals surface area contributed by atoms with E-state index in [1.54, 1.807) is 0 Å². The van der Waals surface area contributed by atoms with Gasteiger partial charge >= 0.3 is 12.3 Å². The summed E-state index contributed by atoms with van der Waals surface area (Å²) >= 11 is 0. The summed E-state index contributed by atoms with van der Waals surface area (Å²) in [5.74, 6) is -0.537. The number of hydrogen-bond donors (Lipinski definition) is 0. The average molecular weight is 434 g/mol. The number of alkyl halides is 3. The number of halogens is 3. The molecule has 1 heterocycles. The third kappa shape index (κ3) is 5.26. The van der Waals surface area contributed by atoms with Crippen LogP contribution in [0, 0.1) is 10.1 Å². The Hall–Kier alpha value is -4.15. The first-order valence-electron chi connectivity index (χ1n) is 8.53. The van der Waals surface area contributed by atoms with Crippen molar-refractivity contribution in [3.8, 4) is 28.5 Å². The van der Waals surface area contributed by atoms with E-state index in [-0.39, 0.29) is 22.7 Å². The summed E-state index contributed by atoms with van der Waals surface area (Å²) in [6.45, 7) is 0. The molecule has 0 aliphatic rings. The van der Waals surface area contributed by atoms with E-state index in [4.69, 9.17) is 9.47 Å². The van der Waals surface area contributed by atoms with Crippen LogP contribution in [0.4, 0.5) is 23.7 Å². The zero-order valence-corrected chi connectivity index (χ0v) is 15.8. The van der Waals surface area contributed by atoms with Crippen molar-refractivity contribution in [2.24, 2.45) is 0 Å². The Labute approximate surface area is 173 Å². The van der Waals surface area contributed by atoms with Gasteiger partial charge < -0.3 is 14.2 Å². The van der Waals surface area contributed by atoms with E-state index in [1.807, 2.05) is 0 Å². The second-order valence-corrected chi connectivity index (χ2v) is 6.01. The van der Waals surface area contributed by atoms with Gasteiger partial charge in [-0.3, -0.25) is 10.1 Å². The van der Waals surface area contributed by atoms with Crippen molar-refractivity contribution in [3.63, 3.8) is 0 Å². The zero-order valence-electron chi connectivity index (χ0n) is 15.8. The Kier molecular flexibility index (Phi) is 6.05. The van der Waals surface area contributed by atoms with Crippen LogP contribution < -0.4 is 14.2 Å². The number of methoxy groups -OCH3 is 1. The van der Waals surface area contributed by atoms with Gasteiger partial charge in [-0.25, -0.2) is 9.78 Å². The lowest BCUT2D eigenvalue weighted by atomic mass is 10.1. The molecule has 2 aromatic carbocycles. The summed E-state index contributed by atoms with van der Waals surface area (Å²) in [5, 5.41) is 10.6. The number of nitro benzene ring substituents is 1. The molecule has 0 radical (unpaired) electrons. The maximum Gasteiger partial charge on any atom is 0.519 e. The molecule has 0 saturated heterocycles. The Balaban J connectivity index is 1.77. The quantitative estimate of drug-likeness (QED) is 0.234. The van der Waals surface area contributed by atoms with Gasteiger partial charge in [0.15, 0.2) is 0 Å². The van der Waals surface area contributed by atoms with Crippen LogP contribution in [-0.4, -0.2) is 23.2 Å². The fourth-order valence-corrected chi connectivity index (χ4v) is 2.56. The van der Waals surface area contributed by atoms with Gasteiger partial charge in [0.2, 0.25) is 5.88 Å². The molecule has 0 saturated carbocycles. The smallest absolute Gasteiger partial charge is 0.481 e. The van der Waals surface area contributed by atoms with Crippen molar-refractivity contribution in [3.05, 3.63) is 76.5 Å². The highest BCUT2D eigenvalue weighted by atomic mass is 19.4. The number of nitro groups is 1. The first-order valence-corrected chi connectivity index (χ1v) is 8.53. The fraction of sp³-hybridized carbons (Fsp3) is 0.100. The first-order chi connectivity index (χ1) is 14.7. The third-order valence-electron chi connectivity index (χ3n) is 3.97. The van der Waals surface area contributed by atoms with E-state index in [1.165, 1.54) is 42.6 Å². The van der Waals surface area contributed by atoms with Gasteiger partial charge in [0.05, 0.1) is 12.0 Å². The molecule has 1 aromatic heterocycles. The van der Waals surface area contributed by atoms with Crippen LogP contribution in [0.15, 0.2) is 60.8 Å². The molecule has 0 aliphatic carbocycles. The summed E-state index contributed by atoms with van der Waals surface area (Å²) < 4.78 is 54.3. The average Bonchev–Trinajstić information content (AvgIpc) is 2.73. The number of hydrogen-bond acceptors (Lipinski definition) is 7. The van der Waals surface area contributed by atoms with Crippen LogP contribution >= 0.6 is 0 Å². The fourth-order valence-electron chi connectivity index (χ4n) is 2.56. The minimum absolute atomic E-state index is 0.00814. The molecule has 0 unspecified atom stereocenters. The standard InChI is InChI=1S/C20H13F3N2O6/c1-29-18-17(20(21,22)23)10-13(11-24-18)12-3-2-4-16(9-12)31-19(26)30-15-7-5-14(6-8-15)25(27)28/h2-11H,1H3. The number of ether oxygens (including phenoxy) is 3. The molecule has 0 spiro atoms. The molecule has 0 amide bonds. The second kappa shape index (κ2) is 8.69. The number of aromatic nitrogens is 1. The highest BCUT2D eigenvalue weighted by molar-refractivity contribution is 5.70. The number of nitrogens with zero attached hydrogens (tertiary/aromatic N) is 2. The maximum atomic E-state index is 13.2. The summed E-state index contributed by atoms with van der Waals surface area (Å²) in [7, 11) is 1.09. The number of carbonyl (C=O) groups is 1. The van der Waals surface area contributed by atoms with Crippen LogP contribution in [0.2, 0.25) is 0 Å². The maximum absolute atomic E-state index is 13.2. The molecule has 0 bridgehead atoms. The van der Waals surface area contributed by atoms with Crippen LogP contribution in [0.1, 0.15) is 5.56 Å². The summed E-state index contributed by atoms with van der Waals surface area (Å²) in [6.07, 6.45) is -4.60. The molecule has 8 nitrogen and oxygen atoms in total. The molecule has 0 atom stereocenters. The Morgan fingerprint density at radius 3 is 2.29 bits per heavy atom. The van der Waals surface area contributed by atoms with Gasteiger partial charge in [0.1, 0.15) is 17.1 Å². The van der Waals surface area contributed by atoms with Crippen molar-refractivity contribution in [2.75, 3.05) is 7.11 Å². The molecule has 0 N–H and O–H groups in total. The van der Waals surface area contributed by atoms with Gasteiger partial charge in [-0.2, -0.15) is 13.2 Å². The van der Waals surface area contributed by atoms with Crippen molar-refractivity contribution >= 4 is 11.8 Å². The van der Waals surface area contributed by atoms with Crippen LogP contribution in [-0.2, 0) is 6.18 Å². The van der Waals surface area contributed by atoms with E-state index in [0.29, 0.717) is 5.56 Å². The third-order valence-corrected chi connectivity index (χ3v) is 3.97. The highest BCUT2D eigenvalue weighted by Gasteiger charge is 2.35. The number of non-ortho nitro benzene ring substituents is 1. The van der Waals surface area contributed by atoms with Crippen molar-refractivity contribution in [2.45, 2.75) is 6.18 Å². The van der Waals surface area contributed by atoms with Crippen LogP contribution in [0.5, 0.6) is 17.4 Å². The molecule has 11 heteroatoms. The lowest BCUT2D eigenvalue weighted by molar-refractivity contribution is -0.384. The molecular formula is C20H13F3N2O6. The van der Waals surface area contributed by atoms with E-state index in [0.717, 1.165) is 25.3 Å². The van der Waals surface area contributed by atoms with Crippen LogP contribution in [0.25, 0.3) is 11.1 Å². The molecule has 0 aliphatic heterocycles. The second-order valence-electron chi connectivity index (χ2n) is 6.01. The normalized spacial score (nSPS) is 11.0. The Morgan fingerprint density at radius 1 is 1.00 bits per heavy atom. The van der Waals surface area contributed by atoms with Gasteiger partial charge in [0.25, 0.3) is 5.69 Å². The molecular weight excluding hydrogens is 421 g/mol. The van der Waals surface area contributed by atoms with Gasteiger partial charge in [-0.05, 0) is 35.9 Å².